The summed E-state index contributed by atoms with van der Waals surface area (Å²) in [6.45, 7) is 14.9. The summed E-state index contributed by atoms with van der Waals surface area (Å²) in [6.07, 6.45) is 0. The lowest BCUT2D eigenvalue weighted by molar-refractivity contribution is 1.25. The van der Waals surface area contributed by atoms with Gasteiger partial charge in [-0.3, -0.25) is 0 Å². The SMILES string of the molecule is CC.Cc1cc2[nH]c(C)c(C)c2c(C)c1C. The third-order valence-electron chi connectivity index (χ3n) is 3.42. The minimum atomic E-state index is 1.28. The van der Waals surface area contributed by atoms with Crippen molar-refractivity contribution in [1.29, 1.82) is 0 Å². The van der Waals surface area contributed by atoms with Crippen LogP contribution in [0.5, 0.6) is 0 Å². The molecule has 0 bridgehead atoms. The number of nitrogens with one attached hydrogen (secondary N) is 1. The molecule has 2 aromatic rings. The number of aromatic nitrogens is 1. The maximum absolute atomic E-state index is 3.44. The van der Waals surface area contributed by atoms with Gasteiger partial charge in [-0.15, -0.1) is 0 Å². The summed E-state index contributed by atoms with van der Waals surface area (Å²) in [5.41, 5.74) is 8.16. The van der Waals surface area contributed by atoms with Gasteiger partial charge in [-0.25, -0.2) is 0 Å². The largest absolute Gasteiger partial charge is 0.358 e. The molecule has 1 aromatic carbocycles. The van der Waals surface area contributed by atoms with Gasteiger partial charge in [0.05, 0.1) is 0 Å². The van der Waals surface area contributed by atoms with Crippen LogP contribution in [0.3, 0.4) is 0 Å². The van der Waals surface area contributed by atoms with Gasteiger partial charge in [0.2, 0.25) is 0 Å². The lowest BCUT2D eigenvalue weighted by atomic mass is 9.98. The Hall–Kier alpha value is -1.24. The van der Waals surface area contributed by atoms with Gasteiger partial charge in [0.15, 0.2) is 0 Å². The molecular weight excluding hydrogens is 194 g/mol. The van der Waals surface area contributed by atoms with E-state index in [-0.39, 0.29) is 0 Å². The van der Waals surface area contributed by atoms with Crippen LogP contribution in [0.15, 0.2) is 6.07 Å². The second-order valence-electron chi connectivity index (χ2n) is 4.24. The van der Waals surface area contributed by atoms with Gasteiger partial charge in [0.1, 0.15) is 0 Å². The number of aryl methyl sites for hydroxylation is 4. The van der Waals surface area contributed by atoms with Crippen molar-refractivity contribution in [2.75, 3.05) is 0 Å². The van der Waals surface area contributed by atoms with Gasteiger partial charge < -0.3 is 4.98 Å². The molecule has 88 valence electrons. The predicted octanol–water partition coefficient (Wildman–Crippen LogP) is 4.74. The van der Waals surface area contributed by atoms with E-state index in [9.17, 15) is 0 Å². The number of H-pyrrole nitrogens is 1. The number of hydrogen-bond donors (Lipinski definition) is 1. The van der Waals surface area contributed by atoms with E-state index in [1.165, 1.54) is 38.9 Å². The van der Waals surface area contributed by atoms with Crippen LogP contribution in [0.1, 0.15) is 41.8 Å². The first-order valence-electron chi connectivity index (χ1n) is 6.08. The van der Waals surface area contributed by atoms with E-state index in [1.54, 1.807) is 0 Å². The molecule has 0 saturated carbocycles. The van der Waals surface area contributed by atoms with Crippen molar-refractivity contribution in [3.05, 3.63) is 34.0 Å². The third-order valence-corrected chi connectivity index (χ3v) is 3.42. The Morgan fingerprint density at radius 2 is 1.38 bits per heavy atom. The Labute approximate surface area is 98.9 Å². The second-order valence-corrected chi connectivity index (χ2v) is 4.24. The Balaban J connectivity index is 0.000000606. The predicted molar refractivity (Wildman–Crippen MR) is 73.3 cm³/mol. The van der Waals surface area contributed by atoms with Crippen LogP contribution in [-0.2, 0) is 0 Å². The van der Waals surface area contributed by atoms with Gasteiger partial charge >= 0.3 is 0 Å². The number of aromatic amines is 1. The minimum Gasteiger partial charge on any atom is -0.358 e. The normalized spacial score (nSPS) is 10.2. The van der Waals surface area contributed by atoms with Gasteiger partial charge in [-0.1, -0.05) is 13.8 Å². The molecule has 0 atom stereocenters. The molecule has 0 unspecified atom stereocenters. The van der Waals surface area contributed by atoms with Gasteiger partial charge in [-0.05, 0) is 62.9 Å². The zero-order valence-electron chi connectivity index (χ0n) is 11.6. The summed E-state index contributed by atoms with van der Waals surface area (Å²) < 4.78 is 0. The number of fused-ring (bicyclic) bond motifs is 1. The van der Waals surface area contributed by atoms with Crippen molar-refractivity contribution < 1.29 is 0 Å². The van der Waals surface area contributed by atoms with E-state index in [0.29, 0.717) is 0 Å². The molecule has 0 aliphatic heterocycles. The van der Waals surface area contributed by atoms with Crippen molar-refractivity contribution >= 4 is 10.9 Å². The van der Waals surface area contributed by atoms with Crippen molar-refractivity contribution in [2.24, 2.45) is 0 Å². The average Bonchev–Trinajstić information content (AvgIpc) is 2.54. The molecule has 0 radical (unpaired) electrons. The fraction of sp³-hybridized carbons (Fsp3) is 0.467. The summed E-state index contributed by atoms with van der Waals surface area (Å²) in [5.74, 6) is 0. The van der Waals surface area contributed by atoms with Crippen LogP contribution in [-0.4, -0.2) is 4.98 Å². The van der Waals surface area contributed by atoms with Crippen molar-refractivity contribution in [3.63, 3.8) is 0 Å². The fourth-order valence-electron chi connectivity index (χ4n) is 2.15. The smallest absolute Gasteiger partial charge is 0.0464 e. The molecule has 0 saturated heterocycles. The van der Waals surface area contributed by atoms with E-state index >= 15 is 0 Å². The topological polar surface area (TPSA) is 15.8 Å². The van der Waals surface area contributed by atoms with Crippen LogP contribution in [0, 0.1) is 34.6 Å². The van der Waals surface area contributed by atoms with Crippen molar-refractivity contribution in [2.45, 2.75) is 48.5 Å². The Morgan fingerprint density at radius 3 is 1.94 bits per heavy atom. The standard InChI is InChI=1S/C13H17N.C2H6/c1-7-6-12-13(9(3)8(7)2)10(4)11(5)14-12;1-2/h6,14H,1-5H3;1-2H3. The third kappa shape index (κ3) is 1.87. The maximum atomic E-state index is 3.44. The van der Waals surface area contributed by atoms with E-state index < -0.39 is 0 Å². The number of hydrogen-bond acceptors (Lipinski definition) is 0. The molecule has 1 N–H and O–H groups in total. The van der Waals surface area contributed by atoms with E-state index in [1.807, 2.05) is 13.8 Å². The van der Waals surface area contributed by atoms with Gasteiger partial charge in [0.25, 0.3) is 0 Å². The first-order valence-corrected chi connectivity index (χ1v) is 6.08. The summed E-state index contributed by atoms with van der Waals surface area (Å²) >= 11 is 0. The molecule has 0 fully saturated rings. The molecule has 0 amide bonds. The highest BCUT2D eigenvalue weighted by Gasteiger charge is 2.09. The highest BCUT2D eigenvalue weighted by molar-refractivity contribution is 5.89. The highest BCUT2D eigenvalue weighted by atomic mass is 14.7. The van der Waals surface area contributed by atoms with Gasteiger partial charge in [-0.2, -0.15) is 0 Å². The van der Waals surface area contributed by atoms with Gasteiger partial charge in [0, 0.05) is 16.6 Å². The summed E-state index contributed by atoms with van der Waals surface area (Å²) in [4.78, 5) is 3.44. The molecule has 16 heavy (non-hydrogen) atoms. The second kappa shape index (κ2) is 4.73. The van der Waals surface area contributed by atoms with Crippen LogP contribution in [0.25, 0.3) is 10.9 Å². The van der Waals surface area contributed by atoms with Crippen LogP contribution < -0.4 is 0 Å². The van der Waals surface area contributed by atoms with Crippen molar-refractivity contribution in [3.8, 4) is 0 Å². The molecule has 0 spiro atoms. The molecule has 0 aliphatic carbocycles. The zero-order chi connectivity index (χ0) is 12.5. The molecule has 2 rings (SSSR count). The Bertz CT molecular complexity index is 504. The average molecular weight is 217 g/mol. The van der Waals surface area contributed by atoms with Crippen LogP contribution >= 0.6 is 0 Å². The van der Waals surface area contributed by atoms with E-state index in [4.69, 9.17) is 0 Å². The summed E-state index contributed by atoms with van der Waals surface area (Å²) in [7, 11) is 0. The molecule has 1 heterocycles. The lowest BCUT2D eigenvalue weighted by Gasteiger charge is -2.06. The quantitative estimate of drug-likeness (QED) is 0.656. The molecule has 1 heteroatoms. The monoisotopic (exact) mass is 217 g/mol. The Morgan fingerprint density at radius 1 is 0.812 bits per heavy atom. The molecule has 0 aliphatic rings. The van der Waals surface area contributed by atoms with E-state index in [2.05, 4.69) is 45.7 Å². The first-order chi connectivity index (χ1) is 7.52. The number of benzene rings is 1. The molecule has 1 aromatic heterocycles. The highest BCUT2D eigenvalue weighted by Crippen LogP contribution is 2.28. The number of rotatable bonds is 0. The maximum Gasteiger partial charge on any atom is 0.0464 e. The summed E-state index contributed by atoms with van der Waals surface area (Å²) in [6, 6.07) is 2.25. The lowest BCUT2D eigenvalue weighted by Crippen LogP contribution is -1.87. The molecule has 1 nitrogen and oxygen atoms in total. The van der Waals surface area contributed by atoms with E-state index in [0.717, 1.165) is 0 Å². The summed E-state index contributed by atoms with van der Waals surface area (Å²) in [5, 5.41) is 1.41. The first kappa shape index (κ1) is 12.8. The van der Waals surface area contributed by atoms with Crippen LogP contribution in [0.2, 0.25) is 0 Å². The molecular formula is C15H23N. The van der Waals surface area contributed by atoms with Crippen molar-refractivity contribution in [1.82, 2.24) is 4.98 Å². The zero-order valence-corrected chi connectivity index (χ0v) is 11.6. The van der Waals surface area contributed by atoms with Crippen LogP contribution in [0.4, 0.5) is 0 Å². The Kier molecular flexibility index (Phi) is 3.79. The fourth-order valence-corrected chi connectivity index (χ4v) is 2.15. The minimum absolute atomic E-state index is 1.28.